The third-order valence-corrected chi connectivity index (χ3v) is 6.74. The van der Waals surface area contributed by atoms with Gasteiger partial charge in [0.15, 0.2) is 11.0 Å². The van der Waals surface area contributed by atoms with E-state index >= 15 is 0 Å². The number of aromatic nitrogens is 3. The van der Waals surface area contributed by atoms with Gasteiger partial charge < -0.3 is 19.5 Å². The maximum atomic E-state index is 12.5. The van der Waals surface area contributed by atoms with Gasteiger partial charge in [0.25, 0.3) is 0 Å². The molecule has 3 aromatic rings. The Labute approximate surface area is 197 Å². The van der Waals surface area contributed by atoms with Gasteiger partial charge in [-0.3, -0.25) is 4.79 Å². The van der Waals surface area contributed by atoms with Crippen molar-refractivity contribution in [2.75, 3.05) is 29.1 Å². The first-order chi connectivity index (χ1) is 15.5. The first-order valence-corrected chi connectivity index (χ1v) is 11.9. The molecular weight excluding hydrogens is 446 g/mol. The number of halogens is 1. The van der Waals surface area contributed by atoms with E-state index in [0.29, 0.717) is 21.8 Å². The normalized spacial score (nSPS) is 13.4. The average molecular weight is 472 g/mol. The molecule has 0 spiro atoms. The standard InChI is InChI=1S/C23H26ClN5O2S/c1-16-13-17(29-11-5-6-12-29)9-10-19(16)25-22(30)15-32-23-27-26-21(28(23)2)14-31-20-8-4-3-7-18(20)24/h3-4,7-10,13H,5-6,11-12,14-15H2,1-2H3,(H,25,30). The third-order valence-electron chi connectivity index (χ3n) is 5.41. The van der Waals surface area contributed by atoms with Crippen molar-refractivity contribution in [2.45, 2.75) is 31.5 Å². The molecule has 1 fully saturated rings. The quantitative estimate of drug-likeness (QED) is 0.480. The van der Waals surface area contributed by atoms with Crippen LogP contribution in [-0.4, -0.2) is 39.5 Å². The van der Waals surface area contributed by atoms with Crippen LogP contribution >= 0.6 is 23.4 Å². The molecule has 0 aliphatic carbocycles. The van der Waals surface area contributed by atoms with Gasteiger partial charge in [-0.25, -0.2) is 0 Å². The molecule has 2 aromatic carbocycles. The Balaban J connectivity index is 1.30. The zero-order valence-corrected chi connectivity index (χ0v) is 19.7. The van der Waals surface area contributed by atoms with Crippen molar-refractivity contribution in [3.8, 4) is 5.75 Å². The molecule has 32 heavy (non-hydrogen) atoms. The van der Waals surface area contributed by atoms with Crippen LogP contribution < -0.4 is 15.0 Å². The van der Waals surface area contributed by atoms with E-state index in [4.69, 9.17) is 16.3 Å². The Morgan fingerprint density at radius 2 is 1.97 bits per heavy atom. The largest absolute Gasteiger partial charge is 0.484 e. The highest BCUT2D eigenvalue weighted by Crippen LogP contribution is 2.27. The van der Waals surface area contributed by atoms with Crippen LogP contribution in [0, 0.1) is 6.92 Å². The van der Waals surface area contributed by atoms with Crippen molar-refractivity contribution < 1.29 is 9.53 Å². The summed E-state index contributed by atoms with van der Waals surface area (Å²) in [5.74, 6) is 1.41. The predicted octanol–water partition coefficient (Wildman–Crippen LogP) is 4.69. The van der Waals surface area contributed by atoms with Crippen molar-refractivity contribution in [1.29, 1.82) is 0 Å². The third kappa shape index (κ3) is 5.37. The lowest BCUT2D eigenvalue weighted by atomic mass is 10.1. The van der Waals surface area contributed by atoms with Gasteiger partial charge in [-0.1, -0.05) is 35.5 Å². The fourth-order valence-corrected chi connectivity index (χ4v) is 4.50. The lowest BCUT2D eigenvalue weighted by Crippen LogP contribution is -2.18. The molecule has 1 aliphatic rings. The van der Waals surface area contributed by atoms with Gasteiger partial charge in [0.2, 0.25) is 5.91 Å². The summed E-state index contributed by atoms with van der Waals surface area (Å²) in [6.07, 6.45) is 2.48. The van der Waals surface area contributed by atoms with Crippen LogP contribution in [0.2, 0.25) is 5.02 Å². The molecule has 4 rings (SSSR count). The number of ether oxygens (including phenoxy) is 1. The maximum Gasteiger partial charge on any atom is 0.234 e. The van der Waals surface area contributed by atoms with Gasteiger partial charge in [0, 0.05) is 31.5 Å². The van der Waals surface area contributed by atoms with Gasteiger partial charge >= 0.3 is 0 Å². The lowest BCUT2D eigenvalue weighted by Gasteiger charge is -2.19. The van der Waals surface area contributed by atoms with Gasteiger partial charge in [-0.05, 0) is 55.7 Å². The van der Waals surface area contributed by atoms with Crippen LogP contribution in [0.25, 0.3) is 0 Å². The highest BCUT2D eigenvalue weighted by molar-refractivity contribution is 7.99. The molecule has 0 saturated carbocycles. The number of amides is 1. The summed E-state index contributed by atoms with van der Waals surface area (Å²) >= 11 is 7.46. The Hall–Kier alpha value is -2.71. The van der Waals surface area contributed by atoms with Crippen molar-refractivity contribution in [1.82, 2.24) is 14.8 Å². The number of thioether (sulfide) groups is 1. The Morgan fingerprint density at radius 3 is 2.72 bits per heavy atom. The number of hydrogen-bond donors (Lipinski definition) is 1. The summed E-state index contributed by atoms with van der Waals surface area (Å²) in [5.41, 5.74) is 3.12. The summed E-state index contributed by atoms with van der Waals surface area (Å²) in [6.45, 7) is 4.47. The number of nitrogens with one attached hydrogen (secondary N) is 1. The smallest absolute Gasteiger partial charge is 0.234 e. The van der Waals surface area contributed by atoms with Crippen molar-refractivity contribution in [3.05, 3.63) is 58.9 Å². The molecule has 7 nitrogen and oxygen atoms in total. The summed E-state index contributed by atoms with van der Waals surface area (Å²) in [7, 11) is 1.85. The Bertz CT molecular complexity index is 1100. The number of aryl methyl sites for hydroxylation is 1. The van der Waals surface area contributed by atoms with Gasteiger partial charge in [0.05, 0.1) is 10.8 Å². The second kappa shape index (κ2) is 10.3. The van der Waals surface area contributed by atoms with Crippen LogP contribution in [0.5, 0.6) is 5.75 Å². The van der Waals surface area contributed by atoms with Crippen molar-refractivity contribution in [3.63, 3.8) is 0 Å². The van der Waals surface area contributed by atoms with Crippen molar-refractivity contribution in [2.24, 2.45) is 7.05 Å². The van der Waals surface area contributed by atoms with E-state index in [9.17, 15) is 4.79 Å². The molecule has 1 aliphatic heterocycles. The molecule has 2 heterocycles. The minimum Gasteiger partial charge on any atom is -0.484 e. The van der Waals surface area contributed by atoms with Gasteiger partial charge in [-0.15, -0.1) is 10.2 Å². The number of nitrogens with zero attached hydrogens (tertiary/aromatic N) is 4. The Kier molecular flexibility index (Phi) is 7.22. The second-order valence-electron chi connectivity index (χ2n) is 7.71. The zero-order valence-electron chi connectivity index (χ0n) is 18.2. The topological polar surface area (TPSA) is 72.3 Å². The molecule has 0 atom stereocenters. The van der Waals surface area contributed by atoms with E-state index < -0.39 is 0 Å². The molecule has 0 bridgehead atoms. The molecule has 168 valence electrons. The van der Waals surface area contributed by atoms with Crippen LogP contribution in [0.1, 0.15) is 24.2 Å². The van der Waals surface area contributed by atoms with Crippen LogP contribution in [0.15, 0.2) is 47.6 Å². The second-order valence-corrected chi connectivity index (χ2v) is 9.06. The number of para-hydroxylation sites is 1. The molecule has 1 N–H and O–H groups in total. The van der Waals surface area contributed by atoms with Crippen LogP contribution in [0.4, 0.5) is 11.4 Å². The maximum absolute atomic E-state index is 12.5. The van der Waals surface area contributed by atoms with Crippen LogP contribution in [-0.2, 0) is 18.4 Å². The average Bonchev–Trinajstić information content (AvgIpc) is 3.44. The van der Waals surface area contributed by atoms with Gasteiger partial charge in [0.1, 0.15) is 12.4 Å². The van der Waals surface area contributed by atoms with E-state index in [1.165, 1.54) is 30.3 Å². The number of anilines is 2. The fourth-order valence-electron chi connectivity index (χ4n) is 3.58. The van der Waals surface area contributed by atoms with E-state index in [1.807, 2.05) is 36.7 Å². The molecule has 1 aromatic heterocycles. The molecule has 1 saturated heterocycles. The van der Waals surface area contributed by atoms with Crippen LogP contribution in [0.3, 0.4) is 0 Å². The minimum atomic E-state index is -0.0797. The van der Waals surface area contributed by atoms with Crippen molar-refractivity contribution >= 4 is 40.6 Å². The number of carbonyl (C=O) groups is 1. The molecule has 0 unspecified atom stereocenters. The van der Waals surface area contributed by atoms with E-state index in [-0.39, 0.29) is 18.3 Å². The first kappa shape index (κ1) is 22.5. The highest BCUT2D eigenvalue weighted by atomic mass is 35.5. The van der Waals surface area contributed by atoms with E-state index in [0.717, 1.165) is 24.3 Å². The molecule has 0 radical (unpaired) electrons. The number of rotatable bonds is 8. The SMILES string of the molecule is Cc1cc(N2CCCC2)ccc1NC(=O)CSc1nnc(COc2ccccc2Cl)n1C. The van der Waals surface area contributed by atoms with E-state index in [1.54, 1.807) is 12.1 Å². The zero-order chi connectivity index (χ0) is 22.5. The van der Waals surface area contributed by atoms with E-state index in [2.05, 4.69) is 32.5 Å². The number of hydrogen-bond acceptors (Lipinski definition) is 6. The lowest BCUT2D eigenvalue weighted by molar-refractivity contribution is -0.113. The number of benzene rings is 2. The predicted molar refractivity (Wildman–Crippen MR) is 129 cm³/mol. The molecular formula is C23H26ClN5O2S. The summed E-state index contributed by atoms with van der Waals surface area (Å²) in [6, 6.07) is 13.5. The Morgan fingerprint density at radius 1 is 1.19 bits per heavy atom. The highest BCUT2D eigenvalue weighted by Gasteiger charge is 2.15. The fraction of sp³-hybridized carbons (Fsp3) is 0.348. The summed E-state index contributed by atoms with van der Waals surface area (Å²) < 4.78 is 7.56. The van der Waals surface area contributed by atoms with Gasteiger partial charge in [-0.2, -0.15) is 0 Å². The summed E-state index contributed by atoms with van der Waals surface area (Å²) in [4.78, 5) is 14.9. The number of carbonyl (C=O) groups excluding carboxylic acids is 1. The molecule has 9 heteroatoms. The first-order valence-electron chi connectivity index (χ1n) is 10.5. The summed E-state index contributed by atoms with van der Waals surface area (Å²) in [5, 5.41) is 12.6. The minimum absolute atomic E-state index is 0.0797. The monoisotopic (exact) mass is 471 g/mol. The molecule has 1 amide bonds.